The molecular weight excluding hydrogens is 370 g/mol. The largest absolute Gasteiger partial charge is 0.472 e. The number of aromatic nitrogens is 2. The topological polar surface area (TPSA) is 65.8 Å². The number of rotatable bonds is 6. The van der Waals surface area contributed by atoms with E-state index in [9.17, 15) is 4.79 Å². The summed E-state index contributed by atoms with van der Waals surface area (Å²) in [6, 6.07) is 16.2. The van der Waals surface area contributed by atoms with E-state index in [0.29, 0.717) is 22.2 Å². The van der Waals surface area contributed by atoms with Gasteiger partial charge in [0.1, 0.15) is 12.4 Å². The number of ether oxygens (including phenoxy) is 2. The highest BCUT2D eigenvalue weighted by Crippen LogP contribution is 2.21. The van der Waals surface area contributed by atoms with Crippen LogP contribution in [0.15, 0.2) is 60.8 Å². The van der Waals surface area contributed by atoms with E-state index in [1.54, 1.807) is 41.2 Å². The normalized spacial score (nSPS) is 10.5. The van der Waals surface area contributed by atoms with E-state index in [1.807, 2.05) is 24.3 Å². The van der Waals surface area contributed by atoms with Crippen LogP contribution in [0, 0.1) is 0 Å². The average Bonchev–Trinajstić information content (AvgIpc) is 3.16. The first kappa shape index (κ1) is 18.8. The molecule has 1 amide bonds. The van der Waals surface area contributed by atoms with Gasteiger partial charge < -0.3 is 9.47 Å². The van der Waals surface area contributed by atoms with Crippen molar-refractivity contribution >= 4 is 17.7 Å². The number of para-hydroxylation sites is 1. The molecule has 27 heavy (non-hydrogen) atoms. The van der Waals surface area contributed by atoms with Gasteiger partial charge >= 0.3 is 6.09 Å². The Labute approximate surface area is 161 Å². The Hall–Kier alpha value is -3.03. The molecule has 0 atom stereocenters. The van der Waals surface area contributed by atoms with Gasteiger partial charge in [-0.05, 0) is 30.3 Å². The number of halogens is 1. The molecule has 140 valence electrons. The summed E-state index contributed by atoms with van der Waals surface area (Å²) in [4.78, 5) is 16.7. The first-order valence-corrected chi connectivity index (χ1v) is 8.46. The smallest absolute Gasteiger partial charge is 0.439 e. The van der Waals surface area contributed by atoms with Crippen LogP contribution in [-0.2, 0) is 11.4 Å². The minimum Gasteiger partial charge on any atom is -0.472 e. The molecule has 0 aliphatic carbocycles. The van der Waals surface area contributed by atoms with Crippen molar-refractivity contribution in [3.05, 3.63) is 71.4 Å². The van der Waals surface area contributed by atoms with Crippen LogP contribution in [0.5, 0.6) is 11.6 Å². The summed E-state index contributed by atoms with van der Waals surface area (Å²) >= 11 is 5.90. The second-order valence-corrected chi connectivity index (χ2v) is 5.96. The number of amides is 1. The summed E-state index contributed by atoms with van der Waals surface area (Å²) < 4.78 is 12.7. The van der Waals surface area contributed by atoms with Gasteiger partial charge in [-0.15, -0.1) is 5.10 Å². The van der Waals surface area contributed by atoms with Gasteiger partial charge in [-0.3, -0.25) is 4.84 Å². The molecule has 0 radical (unpaired) electrons. The number of benzene rings is 2. The van der Waals surface area contributed by atoms with Crippen LogP contribution in [0.2, 0.25) is 5.02 Å². The molecule has 0 N–H and O–H groups in total. The number of carbonyl (C=O) groups is 1. The van der Waals surface area contributed by atoms with Crippen LogP contribution in [0.1, 0.15) is 5.56 Å². The predicted molar refractivity (Wildman–Crippen MR) is 100 cm³/mol. The molecule has 3 rings (SSSR count). The second-order valence-electron chi connectivity index (χ2n) is 5.52. The lowest BCUT2D eigenvalue weighted by Gasteiger charge is -2.15. The van der Waals surface area contributed by atoms with Crippen LogP contribution >= 0.6 is 11.6 Å². The summed E-state index contributed by atoms with van der Waals surface area (Å²) in [6.07, 6.45) is 1.16. The van der Waals surface area contributed by atoms with Crippen molar-refractivity contribution in [1.82, 2.24) is 14.8 Å². The monoisotopic (exact) mass is 387 g/mol. The second kappa shape index (κ2) is 8.57. The molecule has 0 saturated carbocycles. The zero-order chi connectivity index (χ0) is 19.2. The molecule has 3 aromatic rings. The van der Waals surface area contributed by atoms with E-state index in [0.717, 1.165) is 10.8 Å². The third kappa shape index (κ3) is 4.78. The Bertz CT molecular complexity index is 911. The highest BCUT2D eigenvalue weighted by Gasteiger charge is 2.14. The highest BCUT2D eigenvalue weighted by molar-refractivity contribution is 6.30. The van der Waals surface area contributed by atoms with Crippen molar-refractivity contribution in [1.29, 1.82) is 0 Å². The van der Waals surface area contributed by atoms with Gasteiger partial charge in [0.25, 0.3) is 0 Å². The number of hydrogen-bond donors (Lipinski definition) is 0. The summed E-state index contributed by atoms with van der Waals surface area (Å²) in [5.41, 5.74) is 1.57. The van der Waals surface area contributed by atoms with Gasteiger partial charge in [0.05, 0.1) is 12.8 Å². The van der Waals surface area contributed by atoms with Crippen LogP contribution in [0.3, 0.4) is 0 Å². The number of hydrogen-bond acceptors (Lipinski definition) is 5. The number of nitrogens with zero attached hydrogens (tertiary/aromatic N) is 3. The minimum absolute atomic E-state index is 0.192. The minimum atomic E-state index is -0.628. The number of hydroxylamine groups is 2. The van der Waals surface area contributed by atoms with Crippen molar-refractivity contribution in [2.24, 2.45) is 0 Å². The molecule has 1 heterocycles. The van der Waals surface area contributed by atoms with E-state index in [2.05, 4.69) is 5.10 Å². The molecule has 0 aliphatic heterocycles. The van der Waals surface area contributed by atoms with E-state index >= 15 is 0 Å². The maximum absolute atomic E-state index is 11.9. The van der Waals surface area contributed by atoms with Crippen LogP contribution in [0.4, 0.5) is 4.79 Å². The molecule has 7 nitrogen and oxygen atoms in total. The summed E-state index contributed by atoms with van der Waals surface area (Å²) in [6.45, 7) is 0.192. The molecule has 0 unspecified atom stereocenters. The third-order valence-corrected chi connectivity index (χ3v) is 3.98. The molecule has 0 bridgehead atoms. The maximum atomic E-state index is 11.9. The standard InChI is InChI=1S/C19H18ClN3O4/c1-22(25-2)19(24)27-17-6-4-3-5-14(17)13-26-18-11-12-23(21-18)16-9-7-15(20)8-10-16/h3-12H,13H2,1-2H3. The van der Waals surface area contributed by atoms with Gasteiger partial charge in [0, 0.05) is 29.9 Å². The lowest BCUT2D eigenvalue weighted by atomic mass is 10.2. The molecule has 2 aromatic carbocycles. The summed E-state index contributed by atoms with van der Waals surface area (Å²) in [7, 11) is 2.85. The highest BCUT2D eigenvalue weighted by atomic mass is 35.5. The van der Waals surface area contributed by atoms with E-state index in [4.69, 9.17) is 25.9 Å². The Kier molecular flexibility index (Phi) is 5.95. The third-order valence-electron chi connectivity index (χ3n) is 3.73. The van der Waals surface area contributed by atoms with E-state index < -0.39 is 6.09 Å². The molecule has 0 fully saturated rings. The van der Waals surface area contributed by atoms with Gasteiger partial charge in [0.15, 0.2) is 0 Å². The van der Waals surface area contributed by atoms with Crippen molar-refractivity contribution in [2.75, 3.05) is 14.2 Å². The molecule has 0 spiro atoms. The predicted octanol–water partition coefficient (Wildman–Crippen LogP) is 4.10. The van der Waals surface area contributed by atoms with Gasteiger partial charge in [-0.1, -0.05) is 29.8 Å². The fourth-order valence-electron chi connectivity index (χ4n) is 2.23. The summed E-state index contributed by atoms with van der Waals surface area (Å²) in [5, 5.41) is 6.02. The molecule has 8 heteroatoms. The Balaban J connectivity index is 1.67. The lowest BCUT2D eigenvalue weighted by Crippen LogP contribution is -2.28. The van der Waals surface area contributed by atoms with E-state index in [1.165, 1.54) is 14.2 Å². The first-order chi connectivity index (χ1) is 13.1. The first-order valence-electron chi connectivity index (χ1n) is 8.09. The fraction of sp³-hybridized carbons (Fsp3) is 0.158. The molecular formula is C19H18ClN3O4. The number of carbonyl (C=O) groups excluding carboxylic acids is 1. The summed E-state index contributed by atoms with van der Waals surface area (Å²) in [5.74, 6) is 0.837. The van der Waals surface area contributed by atoms with Gasteiger partial charge in [0.2, 0.25) is 5.88 Å². The van der Waals surface area contributed by atoms with Crippen molar-refractivity contribution in [2.45, 2.75) is 6.61 Å². The Morgan fingerprint density at radius 2 is 1.89 bits per heavy atom. The van der Waals surface area contributed by atoms with Crippen LogP contribution < -0.4 is 9.47 Å². The average molecular weight is 388 g/mol. The SMILES string of the molecule is CON(C)C(=O)Oc1ccccc1COc1ccn(-c2ccc(Cl)cc2)n1. The molecule has 0 aliphatic rings. The van der Waals surface area contributed by atoms with E-state index in [-0.39, 0.29) is 6.61 Å². The fourth-order valence-corrected chi connectivity index (χ4v) is 2.36. The zero-order valence-electron chi connectivity index (χ0n) is 14.8. The Morgan fingerprint density at radius 3 is 2.63 bits per heavy atom. The van der Waals surface area contributed by atoms with Crippen LogP contribution in [0.25, 0.3) is 5.69 Å². The quantitative estimate of drug-likeness (QED) is 0.596. The van der Waals surface area contributed by atoms with Crippen LogP contribution in [-0.4, -0.2) is 35.1 Å². The Morgan fingerprint density at radius 1 is 1.15 bits per heavy atom. The van der Waals surface area contributed by atoms with Gasteiger partial charge in [-0.2, -0.15) is 5.06 Å². The molecule has 0 saturated heterocycles. The zero-order valence-corrected chi connectivity index (χ0v) is 15.6. The van der Waals surface area contributed by atoms with Crippen molar-refractivity contribution in [3.63, 3.8) is 0 Å². The molecule has 1 aromatic heterocycles. The lowest BCUT2D eigenvalue weighted by molar-refractivity contribution is -0.0791. The van der Waals surface area contributed by atoms with Crippen molar-refractivity contribution in [3.8, 4) is 17.3 Å². The van der Waals surface area contributed by atoms with Gasteiger partial charge in [-0.25, -0.2) is 9.48 Å². The van der Waals surface area contributed by atoms with Crippen molar-refractivity contribution < 1.29 is 19.1 Å². The maximum Gasteiger partial charge on any atom is 0.439 e.